The van der Waals surface area contributed by atoms with Gasteiger partial charge in [0.15, 0.2) is 0 Å². The Labute approximate surface area is 336 Å². The fraction of sp³-hybridized carbons (Fsp3) is 0.0545. The van der Waals surface area contributed by atoms with Crippen LogP contribution in [0.4, 0.5) is 17.1 Å². The van der Waals surface area contributed by atoms with Crippen LogP contribution in [0, 0.1) is 0 Å². The second-order valence-corrected chi connectivity index (χ2v) is 16.1. The van der Waals surface area contributed by atoms with E-state index >= 15 is 0 Å². The summed E-state index contributed by atoms with van der Waals surface area (Å²) in [6, 6.07) is 67.5. The number of furan rings is 2. The maximum absolute atomic E-state index is 7.16. The Kier molecular flexibility index (Phi) is 6.98. The SMILES string of the molecule is CC1(C)c2ccccc2-c2ccc(-c3c4oc5cc(N(c6ccc(-c7ccccc7)cc6)c6cccc7ccccc67)ccc5c4cc4oc5ccccc5c34)cc21. The molecule has 0 aliphatic heterocycles. The Bertz CT molecular complexity index is 3420. The predicted octanol–water partition coefficient (Wildman–Crippen LogP) is 15.7. The first-order chi connectivity index (χ1) is 28.5. The van der Waals surface area contributed by atoms with Crippen molar-refractivity contribution >= 4 is 71.7 Å². The third-order valence-corrected chi connectivity index (χ3v) is 12.5. The van der Waals surface area contributed by atoms with Crippen LogP contribution in [0.1, 0.15) is 25.0 Å². The van der Waals surface area contributed by atoms with Crippen LogP contribution in [0.3, 0.4) is 0 Å². The van der Waals surface area contributed by atoms with Gasteiger partial charge in [-0.25, -0.2) is 0 Å². The average molecular weight is 744 g/mol. The molecule has 0 radical (unpaired) electrons. The minimum Gasteiger partial charge on any atom is -0.456 e. The summed E-state index contributed by atoms with van der Waals surface area (Å²) in [5, 5.41) is 6.61. The van der Waals surface area contributed by atoms with E-state index in [0.29, 0.717) is 0 Å². The summed E-state index contributed by atoms with van der Waals surface area (Å²) in [4.78, 5) is 2.35. The highest BCUT2D eigenvalue weighted by molar-refractivity contribution is 6.24. The molecule has 9 aromatic carbocycles. The molecule has 3 heteroatoms. The summed E-state index contributed by atoms with van der Waals surface area (Å²) in [6.07, 6.45) is 0. The fourth-order valence-electron chi connectivity index (χ4n) is 9.64. The second-order valence-electron chi connectivity index (χ2n) is 16.1. The van der Waals surface area contributed by atoms with Crippen molar-refractivity contribution in [2.24, 2.45) is 0 Å². The van der Waals surface area contributed by atoms with Gasteiger partial charge in [0.1, 0.15) is 22.3 Å². The summed E-state index contributed by atoms with van der Waals surface area (Å²) >= 11 is 0. The number of fused-ring (bicyclic) bond motifs is 10. The lowest BCUT2D eigenvalue weighted by Crippen LogP contribution is -2.14. The van der Waals surface area contributed by atoms with Crippen LogP contribution < -0.4 is 4.90 Å². The zero-order chi connectivity index (χ0) is 38.5. The van der Waals surface area contributed by atoms with Crippen LogP contribution in [0.25, 0.3) is 88.0 Å². The van der Waals surface area contributed by atoms with E-state index in [2.05, 4.69) is 201 Å². The van der Waals surface area contributed by atoms with Crippen LogP contribution in [0.2, 0.25) is 0 Å². The van der Waals surface area contributed by atoms with Crippen molar-refractivity contribution in [3.8, 4) is 33.4 Å². The van der Waals surface area contributed by atoms with Crippen molar-refractivity contribution in [1.82, 2.24) is 0 Å². The minimum atomic E-state index is -0.138. The Morgan fingerprint density at radius 1 is 0.414 bits per heavy atom. The molecule has 0 spiro atoms. The Balaban J connectivity index is 1.09. The van der Waals surface area contributed by atoms with Gasteiger partial charge in [-0.3, -0.25) is 0 Å². The van der Waals surface area contributed by atoms with Gasteiger partial charge in [-0.05, 0) is 92.9 Å². The smallest absolute Gasteiger partial charge is 0.144 e. The molecular weight excluding hydrogens is 707 g/mol. The summed E-state index contributed by atoms with van der Waals surface area (Å²) < 4.78 is 13.8. The van der Waals surface area contributed by atoms with Crippen LogP contribution in [-0.2, 0) is 5.41 Å². The Morgan fingerprint density at radius 3 is 1.98 bits per heavy atom. The first kappa shape index (κ1) is 32.8. The van der Waals surface area contributed by atoms with Gasteiger partial charge in [0, 0.05) is 55.4 Å². The molecule has 0 N–H and O–H groups in total. The van der Waals surface area contributed by atoms with E-state index in [1.54, 1.807) is 0 Å². The summed E-state index contributed by atoms with van der Waals surface area (Å²) in [6.45, 7) is 4.68. The monoisotopic (exact) mass is 743 g/mol. The molecule has 0 saturated heterocycles. The van der Waals surface area contributed by atoms with Gasteiger partial charge in [0.25, 0.3) is 0 Å². The molecular formula is C55H37NO2. The van der Waals surface area contributed by atoms with Gasteiger partial charge >= 0.3 is 0 Å². The third kappa shape index (κ3) is 4.80. The van der Waals surface area contributed by atoms with Gasteiger partial charge in [-0.15, -0.1) is 0 Å². The zero-order valence-electron chi connectivity index (χ0n) is 32.2. The number of rotatable bonds is 5. The molecule has 0 amide bonds. The van der Waals surface area contributed by atoms with Crippen molar-refractivity contribution < 1.29 is 8.83 Å². The number of para-hydroxylation sites is 1. The minimum absolute atomic E-state index is 0.138. The lowest BCUT2D eigenvalue weighted by Gasteiger charge is -2.27. The molecule has 12 rings (SSSR count). The second kappa shape index (κ2) is 12.3. The number of hydrogen-bond donors (Lipinski definition) is 0. The van der Waals surface area contributed by atoms with E-state index < -0.39 is 0 Å². The van der Waals surface area contributed by atoms with E-state index in [1.807, 2.05) is 6.07 Å². The van der Waals surface area contributed by atoms with E-state index in [4.69, 9.17) is 8.83 Å². The molecule has 1 aliphatic carbocycles. The molecule has 0 bridgehead atoms. The van der Waals surface area contributed by atoms with Gasteiger partial charge in [0.2, 0.25) is 0 Å². The highest BCUT2D eigenvalue weighted by atomic mass is 16.3. The average Bonchev–Trinajstić information content (AvgIpc) is 3.90. The van der Waals surface area contributed by atoms with Crippen molar-refractivity contribution in [1.29, 1.82) is 0 Å². The van der Waals surface area contributed by atoms with Gasteiger partial charge in [-0.1, -0.05) is 147 Å². The summed E-state index contributed by atoms with van der Waals surface area (Å²) in [5.74, 6) is 0. The van der Waals surface area contributed by atoms with Gasteiger partial charge in [-0.2, -0.15) is 0 Å². The predicted molar refractivity (Wildman–Crippen MR) is 242 cm³/mol. The Morgan fingerprint density at radius 2 is 1.10 bits per heavy atom. The molecule has 2 aromatic heterocycles. The molecule has 0 unspecified atom stereocenters. The van der Waals surface area contributed by atoms with Crippen LogP contribution >= 0.6 is 0 Å². The van der Waals surface area contributed by atoms with Gasteiger partial charge in [0.05, 0.1) is 5.69 Å². The van der Waals surface area contributed by atoms with Crippen LogP contribution in [0.5, 0.6) is 0 Å². The first-order valence-electron chi connectivity index (χ1n) is 20.0. The molecule has 274 valence electrons. The summed E-state index contributed by atoms with van der Waals surface area (Å²) in [7, 11) is 0. The fourth-order valence-corrected chi connectivity index (χ4v) is 9.64. The maximum Gasteiger partial charge on any atom is 0.144 e. The summed E-state index contributed by atoms with van der Waals surface area (Å²) in [5.41, 5.74) is 16.3. The zero-order valence-corrected chi connectivity index (χ0v) is 32.2. The molecule has 3 nitrogen and oxygen atoms in total. The normalized spacial score (nSPS) is 13.1. The standard InChI is InChI=1S/C55H37NO2/c1-55(2)46-20-10-8-18-41(46)42-29-25-37(31-47(42)55)52-53-44-19-9-11-22-49(44)57-51(53)33-45-43-30-28-39(32-50(43)58-54(45)52)56(48-21-12-16-36-15-6-7-17-40(36)48)38-26-23-35(24-27-38)34-13-4-3-5-14-34/h3-33H,1-2H3. The van der Waals surface area contributed by atoms with E-state index in [1.165, 1.54) is 44.2 Å². The molecule has 11 aromatic rings. The van der Waals surface area contributed by atoms with E-state index in [-0.39, 0.29) is 5.41 Å². The highest BCUT2D eigenvalue weighted by Crippen LogP contribution is 2.52. The largest absolute Gasteiger partial charge is 0.456 e. The van der Waals surface area contributed by atoms with Crippen LogP contribution in [0.15, 0.2) is 197 Å². The number of hydrogen-bond acceptors (Lipinski definition) is 3. The van der Waals surface area contributed by atoms with Gasteiger partial charge < -0.3 is 13.7 Å². The molecule has 0 atom stereocenters. The molecule has 0 fully saturated rings. The highest BCUT2D eigenvalue weighted by Gasteiger charge is 2.36. The van der Waals surface area contributed by atoms with Crippen molar-refractivity contribution in [2.45, 2.75) is 19.3 Å². The van der Waals surface area contributed by atoms with Crippen molar-refractivity contribution in [2.75, 3.05) is 4.90 Å². The van der Waals surface area contributed by atoms with E-state index in [0.717, 1.165) is 72.1 Å². The van der Waals surface area contributed by atoms with Crippen molar-refractivity contribution in [3.05, 3.63) is 199 Å². The molecule has 1 aliphatic rings. The number of benzene rings is 9. The number of anilines is 3. The van der Waals surface area contributed by atoms with Crippen LogP contribution in [-0.4, -0.2) is 0 Å². The molecule has 2 heterocycles. The van der Waals surface area contributed by atoms with Crippen molar-refractivity contribution in [3.63, 3.8) is 0 Å². The third-order valence-electron chi connectivity index (χ3n) is 12.5. The topological polar surface area (TPSA) is 29.5 Å². The lowest BCUT2D eigenvalue weighted by atomic mass is 9.81. The van der Waals surface area contributed by atoms with E-state index in [9.17, 15) is 0 Å². The Hall–Kier alpha value is -7.36. The first-order valence-corrected chi connectivity index (χ1v) is 20.0. The molecule has 0 saturated carbocycles. The number of nitrogens with zero attached hydrogens (tertiary/aromatic N) is 1. The molecule has 58 heavy (non-hydrogen) atoms. The maximum atomic E-state index is 7.16. The quantitative estimate of drug-likeness (QED) is 0.176. The lowest BCUT2D eigenvalue weighted by molar-refractivity contribution is 0.660.